The van der Waals surface area contributed by atoms with Crippen LogP contribution >= 0.6 is 15.9 Å². The number of benzene rings is 3. The predicted molar refractivity (Wildman–Crippen MR) is 161 cm³/mol. The van der Waals surface area contributed by atoms with E-state index < -0.39 is 28.5 Å². The van der Waals surface area contributed by atoms with Gasteiger partial charge in [-0.15, -0.1) is 0 Å². The van der Waals surface area contributed by atoms with E-state index in [1.165, 1.54) is 17.0 Å². The minimum Gasteiger partial charge on any atom is -0.494 e. The summed E-state index contributed by atoms with van der Waals surface area (Å²) < 4.78 is 35.1. The average molecular weight is 631 g/mol. The first-order valence-corrected chi connectivity index (χ1v) is 15.5. The number of nitrogens with one attached hydrogen (secondary N) is 1. The molecule has 3 aromatic carbocycles. The summed E-state index contributed by atoms with van der Waals surface area (Å²) in [4.78, 5) is 28.4. The highest BCUT2D eigenvalue weighted by molar-refractivity contribution is 9.10. The molecular weight excluding hydrogens is 594 g/mol. The lowest BCUT2D eigenvalue weighted by atomic mass is 10.1. The van der Waals surface area contributed by atoms with Gasteiger partial charge in [-0.3, -0.25) is 13.9 Å². The second-order valence-corrected chi connectivity index (χ2v) is 12.0. The Morgan fingerprint density at radius 3 is 2.30 bits per heavy atom. The van der Waals surface area contributed by atoms with E-state index in [-0.39, 0.29) is 17.3 Å². The second kappa shape index (κ2) is 14.9. The van der Waals surface area contributed by atoms with Crippen molar-refractivity contribution in [1.29, 1.82) is 0 Å². The zero-order valence-corrected chi connectivity index (χ0v) is 25.4. The van der Waals surface area contributed by atoms with Gasteiger partial charge in [0.05, 0.1) is 17.2 Å². The summed E-state index contributed by atoms with van der Waals surface area (Å²) in [5.41, 5.74) is 1.14. The smallest absolute Gasteiger partial charge is 0.264 e. The molecule has 2 amide bonds. The average Bonchev–Trinajstić information content (AvgIpc) is 2.95. The number of anilines is 1. The molecule has 8 nitrogen and oxygen atoms in total. The van der Waals surface area contributed by atoms with Crippen LogP contribution in [0.4, 0.5) is 5.69 Å². The number of nitrogens with zero attached hydrogens (tertiary/aromatic N) is 2. The zero-order chi connectivity index (χ0) is 29.1. The number of ether oxygens (including phenoxy) is 1. The first-order valence-electron chi connectivity index (χ1n) is 13.3. The number of hydrogen-bond donors (Lipinski definition) is 1. The highest BCUT2D eigenvalue weighted by Crippen LogP contribution is 2.26. The van der Waals surface area contributed by atoms with Crippen LogP contribution in [-0.4, -0.2) is 50.9 Å². The van der Waals surface area contributed by atoms with E-state index in [4.69, 9.17) is 4.74 Å². The van der Waals surface area contributed by atoms with Crippen molar-refractivity contribution in [2.24, 2.45) is 0 Å². The fourth-order valence-electron chi connectivity index (χ4n) is 4.08. The molecule has 0 radical (unpaired) electrons. The minimum absolute atomic E-state index is 0.0245. The van der Waals surface area contributed by atoms with Crippen molar-refractivity contribution < 1.29 is 22.7 Å². The molecule has 3 aromatic rings. The molecule has 0 aromatic heterocycles. The third kappa shape index (κ3) is 8.32. The van der Waals surface area contributed by atoms with Gasteiger partial charge in [0.15, 0.2) is 0 Å². The Bertz CT molecular complexity index is 1370. The molecule has 1 atom stereocenters. The predicted octanol–water partition coefficient (Wildman–Crippen LogP) is 5.38. The van der Waals surface area contributed by atoms with Crippen LogP contribution < -0.4 is 14.4 Å². The van der Waals surface area contributed by atoms with Gasteiger partial charge >= 0.3 is 0 Å². The van der Waals surface area contributed by atoms with Gasteiger partial charge in [-0.2, -0.15) is 0 Å². The van der Waals surface area contributed by atoms with Crippen molar-refractivity contribution in [3.8, 4) is 5.75 Å². The Hall–Kier alpha value is -3.37. The van der Waals surface area contributed by atoms with Crippen LogP contribution in [0, 0.1) is 0 Å². The third-order valence-corrected chi connectivity index (χ3v) is 8.57. The second-order valence-electron chi connectivity index (χ2n) is 9.22. The van der Waals surface area contributed by atoms with Gasteiger partial charge in [0.25, 0.3) is 10.0 Å². The SMILES string of the molecule is CCCCNC(=O)[C@H](C)N(Cc1cccc(Br)c1)C(=O)CN(c1ccccc1)S(=O)(=O)c1ccc(OCC)cc1. The lowest BCUT2D eigenvalue weighted by Crippen LogP contribution is -2.51. The Balaban J connectivity index is 1.97. The Kier molecular flexibility index (Phi) is 11.6. The van der Waals surface area contributed by atoms with Gasteiger partial charge in [-0.1, -0.05) is 59.6 Å². The van der Waals surface area contributed by atoms with E-state index in [0.29, 0.717) is 24.6 Å². The third-order valence-electron chi connectivity index (χ3n) is 6.28. The van der Waals surface area contributed by atoms with E-state index >= 15 is 0 Å². The molecule has 0 bridgehead atoms. The number of hydrogen-bond acceptors (Lipinski definition) is 5. The Labute approximate surface area is 245 Å². The molecule has 40 heavy (non-hydrogen) atoms. The molecule has 214 valence electrons. The van der Waals surface area contributed by atoms with E-state index in [1.54, 1.807) is 49.4 Å². The van der Waals surface area contributed by atoms with Crippen LogP contribution in [0.2, 0.25) is 0 Å². The van der Waals surface area contributed by atoms with Gasteiger partial charge in [0.1, 0.15) is 18.3 Å². The summed E-state index contributed by atoms with van der Waals surface area (Å²) in [5, 5.41) is 2.89. The number of unbranched alkanes of at least 4 members (excludes halogenated alkanes) is 1. The quantitative estimate of drug-likeness (QED) is 0.242. The number of carbonyl (C=O) groups is 2. The number of sulfonamides is 1. The molecule has 0 aliphatic rings. The van der Waals surface area contributed by atoms with Crippen molar-refractivity contribution in [3.05, 3.63) is 88.9 Å². The standard InChI is InChI=1S/C30H36BrN3O5S/c1-4-6-19-32-30(36)23(3)33(21-24-11-10-12-25(31)20-24)29(35)22-34(26-13-8-7-9-14-26)40(37,38)28-17-15-27(16-18-28)39-5-2/h7-18,20,23H,4-6,19,21-22H2,1-3H3,(H,32,36)/t23-/m0/s1. The lowest BCUT2D eigenvalue weighted by molar-refractivity contribution is -0.139. The van der Waals surface area contributed by atoms with Crippen molar-refractivity contribution in [2.75, 3.05) is 24.0 Å². The van der Waals surface area contributed by atoms with Crippen LogP contribution in [0.3, 0.4) is 0 Å². The van der Waals surface area contributed by atoms with E-state index in [1.807, 2.05) is 38.1 Å². The van der Waals surface area contributed by atoms with Crippen molar-refractivity contribution in [3.63, 3.8) is 0 Å². The molecule has 0 fully saturated rings. The summed E-state index contributed by atoms with van der Waals surface area (Å²) in [6.45, 7) is 6.13. The molecule has 0 unspecified atom stereocenters. The minimum atomic E-state index is -4.14. The summed E-state index contributed by atoms with van der Waals surface area (Å²) in [6, 6.07) is 21.2. The zero-order valence-electron chi connectivity index (χ0n) is 23.0. The molecule has 0 aliphatic heterocycles. The number of amides is 2. The number of halogens is 1. The molecular formula is C30H36BrN3O5S. The first kappa shape index (κ1) is 31.2. The van der Waals surface area contributed by atoms with Gasteiger partial charge in [0.2, 0.25) is 11.8 Å². The van der Waals surface area contributed by atoms with Crippen LogP contribution in [0.1, 0.15) is 39.2 Å². The molecule has 0 spiro atoms. The molecule has 0 saturated carbocycles. The van der Waals surface area contributed by atoms with Crippen LogP contribution in [0.25, 0.3) is 0 Å². The normalized spacial score (nSPS) is 11.9. The van der Waals surface area contributed by atoms with Crippen LogP contribution in [0.15, 0.2) is 88.2 Å². The van der Waals surface area contributed by atoms with Gasteiger partial charge in [0, 0.05) is 17.6 Å². The van der Waals surface area contributed by atoms with Crippen LogP contribution in [-0.2, 0) is 26.2 Å². The molecule has 1 N–H and O–H groups in total. The fourth-order valence-corrected chi connectivity index (χ4v) is 5.94. The first-order chi connectivity index (χ1) is 19.2. The highest BCUT2D eigenvalue weighted by atomic mass is 79.9. The van der Waals surface area contributed by atoms with E-state index in [2.05, 4.69) is 21.2 Å². The molecule has 10 heteroatoms. The van der Waals surface area contributed by atoms with Crippen LogP contribution in [0.5, 0.6) is 5.75 Å². The van der Waals surface area contributed by atoms with Crippen molar-refractivity contribution in [2.45, 2.75) is 51.1 Å². The summed E-state index contributed by atoms with van der Waals surface area (Å²) in [5.74, 6) is -0.249. The Morgan fingerprint density at radius 1 is 0.975 bits per heavy atom. The van der Waals surface area contributed by atoms with E-state index in [9.17, 15) is 18.0 Å². The maximum absolute atomic E-state index is 13.9. The molecule has 0 heterocycles. The fraction of sp³-hybridized carbons (Fsp3) is 0.333. The number of para-hydroxylation sites is 1. The van der Waals surface area contributed by atoms with Crippen molar-refractivity contribution in [1.82, 2.24) is 10.2 Å². The largest absolute Gasteiger partial charge is 0.494 e. The van der Waals surface area contributed by atoms with Gasteiger partial charge in [-0.25, -0.2) is 8.42 Å². The Morgan fingerprint density at radius 2 is 1.68 bits per heavy atom. The molecule has 3 rings (SSSR count). The molecule has 0 aliphatic carbocycles. The number of rotatable bonds is 14. The highest BCUT2D eigenvalue weighted by Gasteiger charge is 2.32. The maximum atomic E-state index is 13.9. The monoisotopic (exact) mass is 629 g/mol. The topological polar surface area (TPSA) is 96.0 Å². The summed E-state index contributed by atoms with van der Waals surface area (Å²) in [6.07, 6.45) is 1.74. The van der Waals surface area contributed by atoms with E-state index in [0.717, 1.165) is 27.2 Å². The molecule has 0 saturated heterocycles. The number of carbonyl (C=O) groups excluding carboxylic acids is 2. The summed E-state index contributed by atoms with van der Waals surface area (Å²) in [7, 11) is -4.14. The van der Waals surface area contributed by atoms with Crippen molar-refractivity contribution >= 4 is 43.5 Å². The van der Waals surface area contributed by atoms with Gasteiger partial charge in [-0.05, 0) is 74.4 Å². The maximum Gasteiger partial charge on any atom is 0.264 e. The van der Waals surface area contributed by atoms with Gasteiger partial charge < -0.3 is 15.0 Å². The summed E-state index contributed by atoms with van der Waals surface area (Å²) >= 11 is 3.46. The lowest BCUT2D eigenvalue weighted by Gasteiger charge is -2.32.